The van der Waals surface area contributed by atoms with E-state index >= 15 is 0 Å². The molecule has 1 amide bonds. The molecule has 106 valence electrons. The first kappa shape index (κ1) is 14.1. The molecule has 0 aliphatic carbocycles. The van der Waals surface area contributed by atoms with Crippen LogP contribution in [0, 0.1) is 6.92 Å². The van der Waals surface area contributed by atoms with Crippen LogP contribution in [-0.2, 0) is 11.3 Å². The van der Waals surface area contributed by atoms with Crippen LogP contribution in [0.2, 0.25) is 0 Å². The van der Waals surface area contributed by atoms with E-state index < -0.39 is 0 Å². The van der Waals surface area contributed by atoms with E-state index in [0.29, 0.717) is 31.9 Å². The van der Waals surface area contributed by atoms with E-state index in [2.05, 4.69) is 10.3 Å². The van der Waals surface area contributed by atoms with Gasteiger partial charge < -0.3 is 14.5 Å². The van der Waals surface area contributed by atoms with E-state index in [-0.39, 0.29) is 5.91 Å². The molecule has 1 heterocycles. The third-order valence-electron chi connectivity index (χ3n) is 2.67. The molecule has 5 heteroatoms. The van der Waals surface area contributed by atoms with Gasteiger partial charge in [-0.3, -0.25) is 4.79 Å². The monoisotopic (exact) mass is 274 g/mol. The molecule has 0 saturated heterocycles. The van der Waals surface area contributed by atoms with Gasteiger partial charge >= 0.3 is 0 Å². The average Bonchev–Trinajstić information content (AvgIpc) is 2.88. The minimum Gasteiger partial charge on any atom is -0.494 e. The second-order valence-electron chi connectivity index (χ2n) is 4.41. The molecule has 0 spiro atoms. The fraction of sp³-hybridized carbons (Fsp3) is 0.333. The zero-order valence-electron chi connectivity index (χ0n) is 11.5. The van der Waals surface area contributed by atoms with Crippen LogP contribution in [0.5, 0.6) is 5.75 Å². The van der Waals surface area contributed by atoms with Crippen molar-refractivity contribution in [3.63, 3.8) is 0 Å². The van der Waals surface area contributed by atoms with Crippen LogP contribution in [-0.4, -0.2) is 17.5 Å². The maximum atomic E-state index is 11.6. The topological polar surface area (TPSA) is 64.4 Å². The number of carbonyl (C=O) groups excluding carboxylic acids is 1. The molecule has 0 saturated carbocycles. The van der Waals surface area contributed by atoms with Crippen molar-refractivity contribution in [2.24, 2.45) is 0 Å². The molecule has 0 aliphatic heterocycles. The normalized spacial score (nSPS) is 10.2. The number of hydrogen-bond acceptors (Lipinski definition) is 4. The van der Waals surface area contributed by atoms with Crippen LogP contribution in [0.3, 0.4) is 0 Å². The molecule has 0 radical (unpaired) electrons. The number of oxazole rings is 1. The molecular formula is C15H18N2O3. The Hall–Kier alpha value is -2.30. The molecule has 0 aliphatic rings. The van der Waals surface area contributed by atoms with Crippen molar-refractivity contribution in [3.05, 3.63) is 48.2 Å². The van der Waals surface area contributed by atoms with Crippen LogP contribution < -0.4 is 10.1 Å². The number of carbonyl (C=O) groups is 1. The number of aromatic nitrogens is 1. The number of nitrogens with one attached hydrogen (secondary N) is 1. The van der Waals surface area contributed by atoms with Gasteiger partial charge in [-0.05, 0) is 25.5 Å². The molecule has 5 nitrogen and oxygen atoms in total. The molecule has 1 N–H and O–H groups in total. The van der Waals surface area contributed by atoms with E-state index in [1.165, 1.54) is 0 Å². The van der Waals surface area contributed by atoms with Crippen molar-refractivity contribution >= 4 is 5.91 Å². The summed E-state index contributed by atoms with van der Waals surface area (Å²) in [7, 11) is 0. The highest BCUT2D eigenvalue weighted by molar-refractivity contribution is 5.75. The average molecular weight is 274 g/mol. The summed E-state index contributed by atoms with van der Waals surface area (Å²) in [6.45, 7) is 2.67. The first-order valence-corrected chi connectivity index (χ1v) is 6.60. The number of amides is 1. The predicted octanol–water partition coefficient (Wildman–Crippen LogP) is 2.46. The van der Waals surface area contributed by atoms with E-state index in [0.717, 1.165) is 11.5 Å². The largest absolute Gasteiger partial charge is 0.494 e. The highest BCUT2D eigenvalue weighted by atomic mass is 16.5. The van der Waals surface area contributed by atoms with Crippen molar-refractivity contribution in [2.45, 2.75) is 26.3 Å². The number of aryl methyl sites for hydroxylation is 1. The summed E-state index contributed by atoms with van der Waals surface area (Å²) in [5, 5.41) is 2.76. The molecule has 20 heavy (non-hydrogen) atoms. The Morgan fingerprint density at radius 2 is 2.15 bits per heavy atom. The zero-order valence-corrected chi connectivity index (χ0v) is 11.5. The number of nitrogens with zero attached hydrogens (tertiary/aromatic N) is 1. The maximum Gasteiger partial charge on any atom is 0.220 e. The van der Waals surface area contributed by atoms with Crippen LogP contribution in [0.25, 0.3) is 0 Å². The first-order chi connectivity index (χ1) is 9.74. The van der Waals surface area contributed by atoms with Gasteiger partial charge in [0.1, 0.15) is 11.5 Å². The molecule has 2 rings (SSSR count). The van der Waals surface area contributed by atoms with Crippen molar-refractivity contribution < 1.29 is 13.9 Å². The lowest BCUT2D eigenvalue weighted by atomic mass is 10.3. The quantitative estimate of drug-likeness (QED) is 0.788. The van der Waals surface area contributed by atoms with Crippen molar-refractivity contribution in [1.82, 2.24) is 10.3 Å². The van der Waals surface area contributed by atoms with Crippen LogP contribution in [0.4, 0.5) is 0 Å². The lowest BCUT2D eigenvalue weighted by Gasteiger charge is -2.06. The Bertz CT molecular complexity index is 537. The Balaban J connectivity index is 1.58. The third kappa shape index (κ3) is 4.76. The summed E-state index contributed by atoms with van der Waals surface area (Å²) in [6, 6.07) is 9.56. The van der Waals surface area contributed by atoms with Crippen molar-refractivity contribution in [1.29, 1.82) is 0 Å². The van der Waals surface area contributed by atoms with Crippen LogP contribution in [0.15, 0.2) is 40.9 Å². The lowest BCUT2D eigenvalue weighted by molar-refractivity contribution is -0.121. The third-order valence-corrected chi connectivity index (χ3v) is 2.67. The number of hydrogen-bond donors (Lipinski definition) is 1. The Labute approximate surface area is 118 Å². The Morgan fingerprint density at radius 3 is 2.85 bits per heavy atom. The number of rotatable bonds is 7. The van der Waals surface area contributed by atoms with Gasteiger partial charge in [-0.15, -0.1) is 0 Å². The van der Waals surface area contributed by atoms with Gasteiger partial charge in [0.25, 0.3) is 0 Å². The lowest BCUT2D eigenvalue weighted by Crippen LogP contribution is -2.23. The molecule has 0 fully saturated rings. The minimum atomic E-state index is -0.0301. The standard InChI is InChI=1S/C15H18N2O3/c1-12-10-17-15(20-12)11-16-14(18)8-5-9-19-13-6-3-2-4-7-13/h2-4,6-7,10H,5,8-9,11H2,1H3,(H,16,18). The number of benzene rings is 1. The molecule has 1 aromatic carbocycles. The van der Waals surface area contributed by atoms with Crippen LogP contribution in [0.1, 0.15) is 24.5 Å². The summed E-state index contributed by atoms with van der Waals surface area (Å²) in [5.74, 6) is 2.06. The number of ether oxygens (including phenoxy) is 1. The van der Waals surface area contributed by atoms with Gasteiger partial charge in [0.15, 0.2) is 0 Å². The number of para-hydroxylation sites is 1. The Kier molecular flexibility index (Phi) is 5.17. The summed E-state index contributed by atoms with van der Waals surface area (Å²) in [6.07, 6.45) is 2.73. The van der Waals surface area contributed by atoms with Gasteiger partial charge in [-0.2, -0.15) is 0 Å². The second-order valence-corrected chi connectivity index (χ2v) is 4.41. The Morgan fingerprint density at radius 1 is 1.35 bits per heavy atom. The van der Waals surface area contributed by atoms with Gasteiger partial charge in [-0.1, -0.05) is 18.2 Å². The zero-order chi connectivity index (χ0) is 14.2. The van der Waals surface area contributed by atoms with E-state index in [4.69, 9.17) is 9.15 Å². The second kappa shape index (κ2) is 7.33. The van der Waals surface area contributed by atoms with Gasteiger partial charge in [0.2, 0.25) is 11.8 Å². The van der Waals surface area contributed by atoms with Crippen molar-refractivity contribution in [2.75, 3.05) is 6.61 Å². The summed E-state index contributed by atoms with van der Waals surface area (Å²) in [5.41, 5.74) is 0. The SMILES string of the molecule is Cc1cnc(CNC(=O)CCCOc2ccccc2)o1. The fourth-order valence-electron chi connectivity index (χ4n) is 1.69. The summed E-state index contributed by atoms with van der Waals surface area (Å²) >= 11 is 0. The highest BCUT2D eigenvalue weighted by Gasteiger charge is 2.04. The van der Waals surface area contributed by atoms with Gasteiger partial charge in [0.05, 0.1) is 19.3 Å². The smallest absolute Gasteiger partial charge is 0.220 e. The molecule has 0 bridgehead atoms. The highest BCUT2D eigenvalue weighted by Crippen LogP contribution is 2.08. The van der Waals surface area contributed by atoms with E-state index in [1.54, 1.807) is 6.20 Å². The van der Waals surface area contributed by atoms with Crippen LogP contribution >= 0.6 is 0 Å². The molecular weight excluding hydrogens is 256 g/mol. The van der Waals surface area contributed by atoms with Crippen molar-refractivity contribution in [3.8, 4) is 5.75 Å². The molecule has 0 atom stereocenters. The van der Waals surface area contributed by atoms with Gasteiger partial charge in [0, 0.05) is 6.42 Å². The first-order valence-electron chi connectivity index (χ1n) is 6.60. The molecule has 0 unspecified atom stereocenters. The van der Waals surface area contributed by atoms with E-state index in [1.807, 2.05) is 37.3 Å². The van der Waals surface area contributed by atoms with Gasteiger partial charge in [-0.25, -0.2) is 4.98 Å². The molecule has 1 aromatic heterocycles. The molecule has 2 aromatic rings. The summed E-state index contributed by atoms with van der Waals surface area (Å²) < 4.78 is 10.8. The maximum absolute atomic E-state index is 11.6. The van der Waals surface area contributed by atoms with E-state index in [9.17, 15) is 4.79 Å². The predicted molar refractivity (Wildman–Crippen MR) is 74.3 cm³/mol. The fourth-order valence-corrected chi connectivity index (χ4v) is 1.69. The summed E-state index contributed by atoms with van der Waals surface area (Å²) in [4.78, 5) is 15.6. The minimum absolute atomic E-state index is 0.0301.